The van der Waals surface area contributed by atoms with Crippen LogP contribution in [0.4, 0.5) is 0 Å². The van der Waals surface area contributed by atoms with Gasteiger partial charge in [-0.25, -0.2) is 0 Å². The standard InChI is InChI=1S/C20H17.ClH.Sn/c1-20(17-11-5-2-6-12-17,18-13-7-3-8-14-18)19-15-9-4-10-16-19;;/h2-16H,1H2;1H;/q;;+1/p-1. The topological polar surface area (TPSA) is 0 Å². The van der Waals surface area contributed by atoms with E-state index in [9.17, 15) is 0 Å². The average molecular weight is 412 g/mol. The molecule has 0 nitrogen and oxygen atoms in total. The molecular weight excluding hydrogens is 394 g/mol. The van der Waals surface area contributed by atoms with Gasteiger partial charge in [0.15, 0.2) is 0 Å². The van der Waals surface area contributed by atoms with Crippen LogP contribution in [0.25, 0.3) is 0 Å². The molecule has 3 rings (SSSR count). The Kier molecular flexibility index (Phi) is 5.22. The Morgan fingerprint density at radius 1 is 0.591 bits per heavy atom. The van der Waals surface area contributed by atoms with Crippen LogP contribution in [0.15, 0.2) is 91.0 Å². The first-order chi connectivity index (χ1) is 10.9. The molecule has 0 unspecified atom stereocenters. The van der Waals surface area contributed by atoms with Crippen LogP contribution in [0.1, 0.15) is 16.7 Å². The summed E-state index contributed by atoms with van der Waals surface area (Å²) in [6.07, 6.45) is 0. The van der Waals surface area contributed by atoms with Gasteiger partial charge in [0, 0.05) is 0 Å². The van der Waals surface area contributed by atoms with Crippen molar-refractivity contribution in [2.24, 2.45) is 0 Å². The molecule has 0 saturated heterocycles. The van der Waals surface area contributed by atoms with E-state index in [4.69, 9.17) is 8.92 Å². The molecule has 108 valence electrons. The fourth-order valence-electron chi connectivity index (χ4n) is 3.07. The van der Waals surface area contributed by atoms with E-state index in [0.717, 1.165) is 4.44 Å². The Hall–Kier alpha value is -1.25. The van der Waals surface area contributed by atoms with Crippen molar-refractivity contribution in [3.63, 3.8) is 0 Å². The summed E-state index contributed by atoms with van der Waals surface area (Å²) < 4.78 is 1.04. The van der Waals surface area contributed by atoms with E-state index >= 15 is 0 Å². The first-order valence-electron chi connectivity index (χ1n) is 7.38. The van der Waals surface area contributed by atoms with E-state index in [0.29, 0.717) is 0 Å². The number of benzene rings is 3. The van der Waals surface area contributed by atoms with Gasteiger partial charge in [0.05, 0.1) is 0 Å². The SMILES string of the molecule is [Cl][Sn][CH2]C(c1ccccc1)(c1ccccc1)c1ccccc1. The van der Waals surface area contributed by atoms with Crippen LogP contribution in [-0.4, -0.2) is 20.0 Å². The molecule has 22 heavy (non-hydrogen) atoms. The fourth-order valence-corrected chi connectivity index (χ4v) is 6.74. The third-order valence-corrected chi connectivity index (χ3v) is 6.92. The van der Waals surface area contributed by atoms with E-state index < -0.39 is 20.0 Å². The zero-order valence-electron chi connectivity index (χ0n) is 12.2. The number of hydrogen-bond acceptors (Lipinski definition) is 0. The van der Waals surface area contributed by atoms with Gasteiger partial charge >= 0.3 is 146 Å². The van der Waals surface area contributed by atoms with Gasteiger partial charge in [-0.3, -0.25) is 0 Å². The summed E-state index contributed by atoms with van der Waals surface area (Å²) in [5.41, 5.74) is 3.86. The number of halogens is 1. The zero-order valence-corrected chi connectivity index (χ0v) is 15.9. The molecule has 0 aromatic heterocycles. The van der Waals surface area contributed by atoms with Crippen molar-refractivity contribution in [2.75, 3.05) is 0 Å². The van der Waals surface area contributed by atoms with E-state index in [1.807, 2.05) is 0 Å². The second-order valence-electron chi connectivity index (χ2n) is 5.31. The monoisotopic (exact) mass is 412 g/mol. The molecule has 0 fully saturated rings. The van der Waals surface area contributed by atoms with Crippen molar-refractivity contribution in [2.45, 2.75) is 9.85 Å². The predicted molar refractivity (Wildman–Crippen MR) is 95.6 cm³/mol. The van der Waals surface area contributed by atoms with Gasteiger partial charge in [-0.05, 0) is 0 Å². The van der Waals surface area contributed by atoms with Crippen LogP contribution in [0.5, 0.6) is 0 Å². The molecule has 0 atom stereocenters. The minimum atomic E-state index is -0.931. The van der Waals surface area contributed by atoms with Gasteiger partial charge in [0.2, 0.25) is 0 Å². The first kappa shape index (κ1) is 15.6. The Morgan fingerprint density at radius 2 is 0.909 bits per heavy atom. The molecule has 0 N–H and O–H groups in total. The quantitative estimate of drug-likeness (QED) is 0.395. The molecule has 0 spiro atoms. The normalized spacial score (nSPS) is 11.3. The van der Waals surface area contributed by atoms with E-state index in [2.05, 4.69) is 91.0 Å². The summed E-state index contributed by atoms with van der Waals surface area (Å²) in [7, 11) is 6.41. The molecule has 0 amide bonds. The summed E-state index contributed by atoms with van der Waals surface area (Å²) in [6, 6.07) is 32.3. The third-order valence-electron chi connectivity index (χ3n) is 4.13. The van der Waals surface area contributed by atoms with Gasteiger partial charge in [-0.15, -0.1) is 0 Å². The van der Waals surface area contributed by atoms with Crippen molar-refractivity contribution in [3.8, 4) is 0 Å². The zero-order chi connectivity index (χ0) is 15.3. The van der Waals surface area contributed by atoms with Crippen LogP contribution in [0.3, 0.4) is 0 Å². The van der Waals surface area contributed by atoms with Crippen LogP contribution >= 0.6 is 8.92 Å². The predicted octanol–water partition coefficient (Wildman–Crippen LogP) is 5.30. The molecule has 3 aromatic rings. The van der Waals surface area contributed by atoms with Crippen molar-refractivity contribution >= 4 is 28.9 Å². The Morgan fingerprint density at radius 3 is 1.18 bits per heavy atom. The van der Waals surface area contributed by atoms with E-state index in [-0.39, 0.29) is 5.41 Å². The fraction of sp³-hybridized carbons (Fsp3) is 0.100. The van der Waals surface area contributed by atoms with Crippen LogP contribution in [0, 0.1) is 0 Å². The van der Waals surface area contributed by atoms with Crippen molar-refractivity contribution in [1.82, 2.24) is 0 Å². The van der Waals surface area contributed by atoms with E-state index in [1.165, 1.54) is 16.7 Å². The second-order valence-corrected chi connectivity index (χ2v) is 8.88. The van der Waals surface area contributed by atoms with Crippen molar-refractivity contribution in [1.29, 1.82) is 0 Å². The maximum atomic E-state index is 6.41. The van der Waals surface area contributed by atoms with Gasteiger partial charge in [0.1, 0.15) is 0 Å². The van der Waals surface area contributed by atoms with Crippen molar-refractivity contribution < 1.29 is 0 Å². The summed E-state index contributed by atoms with van der Waals surface area (Å²) >= 11 is -0.931. The van der Waals surface area contributed by atoms with Crippen LogP contribution in [-0.2, 0) is 5.41 Å². The van der Waals surface area contributed by atoms with Crippen molar-refractivity contribution in [3.05, 3.63) is 108 Å². The summed E-state index contributed by atoms with van der Waals surface area (Å²) in [6.45, 7) is 0. The first-order valence-corrected chi connectivity index (χ1v) is 13.0. The average Bonchev–Trinajstić information content (AvgIpc) is 2.62. The molecule has 0 saturated carbocycles. The summed E-state index contributed by atoms with van der Waals surface area (Å²) in [5, 5.41) is 0. The van der Waals surface area contributed by atoms with Gasteiger partial charge < -0.3 is 0 Å². The Balaban J connectivity index is 2.29. The molecule has 0 aliphatic carbocycles. The van der Waals surface area contributed by atoms with Crippen LogP contribution < -0.4 is 0 Å². The molecule has 0 heterocycles. The Labute approximate surface area is 146 Å². The molecule has 0 aliphatic heterocycles. The molecule has 2 radical (unpaired) electrons. The summed E-state index contributed by atoms with van der Waals surface area (Å²) in [5.74, 6) is 0. The van der Waals surface area contributed by atoms with Crippen LogP contribution in [0.2, 0.25) is 4.44 Å². The van der Waals surface area contributed by atoms with E-state index in [1.54, 1.807) is 0 Å². The van der Waals surface area contributed by atoms with Gasteiger partial charge in [-0.1, -0.05) is 0 Å². The minimum absolute atomic E-state index is 0.127. The number of rotatable bonds is 5. The summed E-state index contributed by atoms with van der Waals surface area (Å²) in [4.78, 5) is 0. The Bertz CT molecular complexity index is 599. The molecule has 2 heteroatoms. The molecule has 0 bridgehead atoms. The second kappa shape index (κ2) is 7.34. The third kappa shape index (κ3) is 2.95. The number of hydrogen-bond donors (Lipinski definition) is 0. The van der Waals surface area contributed by atoms with Gasteiger partial charge in [-0.2, -0.15) is 0 Å². The molecule has 0 aliphatic rings. The molecular formula is C20H17ClSn. The molecule has 3 aromatic carbocycles. The maximum absolute atomic E-state index is 6.41. The van der Waals surface area contributed by atoms with Gasteiger partial charge in [0.25, 0.3) is 0 Å².